The predicted molar refractivity (Wildman–Crippen MR) is 77.7 cm³/mol. The van der Waals surface area contributed by atoms with Gasteiger partial charge in [0.25, 0.3) is 10.1 Å². The minimum absolute atomic E-state index is 0.190. The Morgan fingerprint density at radius 2 is 1.90 bits per heavy atom. The minimum atomic E-state index is -3.36. The van der Waals surface area contributed by atoms with Crippen LogP contribution in [0.2, 0.25) is 0 Å². The molecule has 0 bridgehead atoms. The van der Waals surface area contributed by atoms with Crippen LogP contribution in [0.15, 0.2) is 30.3 Å². The van der Waals surface area contributed by atoms with Gasteiger partial charge in [-0.3, -0.25) is 4.18 Å². The second-order valence-electron chi connectivity index (χ2n) is 5.63. The van der Waals surface area contributed by atoms with Gasteiger partial charge in [-0.15, -0.1) is 0 Å². The molecule has 1 aliphatic carbocycles. The lowest BCUT2D eigenvalue weighted by atomic mass is 9.99. The second-order valence-corrected chi connectivity index (χ2v) is 7.23. The summed E-state index contributed by atoms with van der Waals surface area (Å²) >= 11 is 0. The summed E-state index contributed by atoms with van der Waals surface area (Å²) in [6, 6.07) is 10.0. The van der Waals surface area contributed by atoms with E-state index >= 15 is 0 Å². The van der Waals surface area contributed by atoms with E-state index in [1.807, 2.05) is 30.3 Å². The van der Waals surface area contributed by atoms with Crippen molar-refractivity contribution in [1.29, 1.82) is 0 Å². The number of ether oxygens (including phenoxy) is 1. The molecular weight excluding hydrogens is 276 g/mol. The molecular formula is C15H22O4S. The van der Waals surface area contributed by atoms with E-state index in [2.05, 4.69) is 6.92 Å². The molecule has 1 fully saturated rings. The highest BCUT2D eigenvalue weighted by Crippen LogP contribution is 2.34. The van der Waals surface area contributed by atoms with Gasteiger partial charge in [0.1, 0.15) is 0 Å². The standard InChI is InChI=1S/C15H22O4S/c1-12-8-15(19-20(2,16)17)9-14(12)11-18-10-13-6-4-3-5-7-13/h3-7,12,14-15H,8-11H2,1-2H3/t12-,14-,15+/m0/s1. The van der Waals surface area contributed by atoms with Crippen molar-refractivity contribution in [3.05, 3.63) is 35.9 Å². The maximum absolute atomic E-state index is 11.1. The van der Waals surface area contributed by atoms with Crippen LogP contribution in [0.25, 0.3) is 0 Å². The molecule has 4 nitrogen and oxygen atoms in total. The van der Waals surface area contributed by atoms with Gasteiger partial charge in [0, 0.05) is 0 Å². The van der Waals surface area contributed by atoms with E-state index in [4.69, 9.17) is 8.92 Å². The third kappa shape index (κ3) is 4.89. The smallest absolute Gasteiger partial charge is 0.264 e. The quantitative estimate of drug-likeness (QED) is 0.758. The Labute approximate surface area is 121 Å². The molecule has 5 heteroatoms. The molecule has 1 saturated carbocycles. The summed E-state index contributed by atoms with van der Waals surface area (Å²) < 4.78 is 33.1. The Hall–Kier alpha value is -0.910. The first-order chi connectivity index (χ1) is 9.44. The van der Waals surface area contributed by atoms with Crippen molar-refractivity contribution < 1.29 is 17.3 Å². The summed E-state index contributed by atoms with van der Waals surface area (Å²) in [5, 5.41) is 0. The largest absolute Gasteiger partial charge is 0.376 e. The van der Waals surface area contributed by atoms with Crippen molar-refractivity contribution in [2.45, 2.75) is 32.5 Å². The summed E-state index contributed by atoms with van der Waals surface area (Å²) in [4.78, 5) is 0. The number of hydrogen-bond acceptors (Lipinski definition) is 4. The summed E-state index contributed by atoms with van der Waals surface area (Å²) in [6.45, 7) is 3.38. The maximum Gasteiger partial charge on any atom is 0.264 e. The fraction of sp³-hybridized carbons (Fsp3) is 0.600. The van der Waals surface area contributed by atoms with Crippen LogP contribution in [0.4, 0.5) is 0 Å². The van der Waals surface area contributed by atoms with Gasteiger partial charge in [-0.2, -0.15) is 8.42 Å². The SMILES string of the molecule is C[C@H]1C[C@@H](OS(C)(=O)=O)C[C@H]1COCc1ccccc1. The van der Waals surface area contributed by atoms with Crippen molar-refractivity contribution in [3.63, 3.8) is 0 Å². The van der Waals surface area contributed by atoms with Gasteiger partial charge in [0.05, 0.1) is 25.6 Å². The van der Waals surface area contributed by atoms with Gasteiger partial charge in [-0.05, 0) is 30.2 Å². The topological polar surface area (TPSA) is 52.6 Å². The molecule has 1 aromatic rings. The molecule has 112 valence electrons. The molecule has 0 N–H and O–H groups in total. The van der Waals surface area contributed by atoms with Gasteiger partial charge in [-0.1, -0.05) is 37.3 Å². The molecule has 0 spiro atoms. The first kappa shape index (κ1) is 15.5. The van der Waals surface area contributed by atoms with E-state index in [1.165, 1.54) is 0 Å². The van der Waals surface area contributed by atoms with E-state index in [0.29, 0.717) is 25.0 Å². The van der Waals surface area contributed by atoms with Crippen LogP contribution in [-0.4, -0.2) is 27.4 Å². The van der Waals surface area contributed by atoms with E-state index < -0.39 is 10.1 Å². The number of hydrogen-bond donors (Lipinski definition) is 0. The van der Waals surface area contributed by atoms with E-state index in [1.54, 1.807) is 0 Å². The van der Waals surface area contributed by atoms with E-state index in [9.17, 15) is 8.42 Å². The monoisotopic (exact) mass is 298 g/mol. The molecule has 0 saturated heterocycles. The zero-order valence-corrected chi connectivity index (χ0v) is 12.8. The Bertz CT molecular complexity index is 512. The van der Waals surface area contributed by atoms with Crippen molar-refractivity contribution in [2.24, 2.45) is 11.8 Å². The van der Waals surface area contributed by atoms with Crippen LogP contribution in [-0.2, 0) is 25.6 Å². The van der Waals surface area contributed by atoms with Crippen LogP contribution >= 0.6 is 0 Å². The van der Waals surface area contributed by atoms with Gasteiger partial charge in [-0.25, -0.2) is 0 Å². The average Bonchev–Trinajstić information content (AvgIpc) is 2.68. The average molecular weight is 298 g/mol. The molecule has 1 aromatic carbocycles. The third-order valence-electron chi connectivity index (χ3n) is 3.76. The van der Waals surface area contributed by atoms with Crippen molar-refractivity contribution in [2.75, 3.05) is 12.9 Å². The van der Waals surface area contributed by atoms with Crippen molar-refractivity contribution >= 4 is 10.1 Å². The molecule has 0 aliphatic heterocycles. The van der Waals surface area contributed by atoms with Crippen molar-refractivity contribution in [1.82, 2.24) is 0 Å². The highest BCUT2D eigenvalue weighted by Gasteiger charge is 2.33. The number of benzene rings is 1. The maximum atomic E-state index is 11.1. The highest BCUT2D eigenvalue weighted by molar-refractivity contribution is 7.86. The van der Waals surface area contributed by atoms with Gasteiger partial charge in [0.2, 0.25) is 0 Å². The van der Waals surface area contributed by atoms with Crippen molar-refractivity contribution in [3.8, 4) is 0 Å². The highest BCUT2D eigenvalue weighted by atomic mass is 32.2. The van der Waals surface area contributed by atoms with Gasteiger partial charge in [0.15, 0.2) is 0 Å². The predicted octanol–water partition coefficient (Wildman–Crippen LogP) is 2.59. The molecule has 0 aromatic heterocycles. The molecule has 20 heavy (non-hydrogen) atoms. The summed E-state index contributed by atoms with van der Waals surface area (Å²) in [5.74, 6) is 0.794. The fourth-order valence-electron chi connectivity index (χ4n) is 2.73. The van der Waals surface area contributed by atoms with E-state index in [0.717, 1.165) is 24.7 Å². The van der Waals surface area contributed by atoms with Gasteiger partial charge >= 0.3 is 0 Å². The lowest BCUT2D eigenvalue weighted by Crippen LogP contribution is -2.15. The molecule has 2 rings (SSSR count). The molecule has 0 unspecified atom stereocenters. The van der Waals surface area contributed by atoms with Crippen LogP contribution < -0.4 is 0 Å². The van der Waals surface area contributed by atoms with Gasteiger partial charge < -0.3 is 4.74 Å². The Kier molecular flexibility index (Phi) is 5.18. The first-order valence-corrected chi connectivity index (χ1v) is 8.75. The Morgan fingerprint density at radius 3 is 2.55 bits per heavy atom. The molecule has 1 aliphatic rings. The van der Waals surface area contributed by atoms with E-state index in [-0.39, 0.29) is 6.10 Å². The Balaban J connectivity index is 1.76. The first-order valence-electron chi connectivity index (χ1n) is 6.94. The third-order valence-corrected chi connectivity index (χ3v) is 4.38. The normalized spacial score (nSPS) is 26.8. The second kappa shape index (κ2) is 6.70. The molecule has 0 heterocycles. The van der Waals surface area contributed by atoms with Crippen LogP contribution in [0, 0.1) is 11.8 Å². The molecule has 3 atom stereocenters. The summed E-state index contributed by atoms with van der Waals surface area (Å²) in [5.41, 5.74) is 1.15. The van der Waals surface area contributed by atoms with Crippen LogP contribution in [0.5, 0.6) is 0 Å². The fourth-order valence-corrected chi connectivity index (χ4v) is 3.39. The minimum Gasteiger partial charge on any atom is -0.376 e. The zero-order chi connectivity index (χ0) is 14.6. The molecule has 0 radical (unpaired) electrons. The summed E-state index contributed by atoms with van der Waals surface area (Å²) in [7, 11) is -3.36. The number of rotatable bonds is 6. The Morgan fingerprint density at radius 1 is 1.20 bits per heavy atom. The zero-order valence-electron chi connectivity index (χ0n) is 12.0. The molecule has 0 amide bonds. The lowest BCUT2D eigenvalue weighted by molar-refractivity contribution is 0.0743. The lowest BCUT2D eigenvalue weighted by Gasteiger charge is -2.15. The summed E-state index contributed by atoms with van der Waals surface area (Å²) in [6.07, 6.45) is 2.46. The van der Waals surface area contributed by atoms with Crippen LogP contribution in [0.1, 0.15) is 25.3 Å². The van der Waals surface area contributed by atoms with Crippen LogP contribution in [0.3, 0.4) is 0 Å².